The predicted molar refractivity (Wildman–Crippen MR) is 78.5 cm³/mol. The van der Waals surface area contributed by atoms with Crippen molar-refractivity contribution in [3.05, 3.63) is 72.3 Å². The highest BCUT2D eigenvalue weighted by Crippen LogP contribution is 2.14. The molecule has 0 aliphatic carbocycles. The topological polar surface area (TPSA) is 55.1 Å². The summed E-state index contributed by atoms with van der Waals surface area (Å²) in [5.41, 5.74) is 8.44. The molecule has 2 aromatic rings. The number of carbonyl (C=O) groups is 1. The van der Waals surface area contributed by atoms with Crippen molar-refractivity contribution in [2.75, 3.05) is 5.32 Å². The highest BCUT2D eigenvalue weighted by Gasteiger charge is 2.15. The van der Waals surface area contributed by atoms with Crippen LogP contribution in [-0.2, 0) is 4.79 Å². The summed E-state index contributed by atoms with van der Waals surface area (Å²) in [6.07, 6.45) is 1.75. The number of hydrogen-bond acceptors (Lipinski definition) is 2. The zero-order valence-electron chi connectivity index (χ0n) is 10.5. The smallest absolute Gasteiger partial charge is 0.245 e. The van der Waals surface area contributed by atoms with Crippen LogP contribution in [0.15, 0.2) is 61.2 Å². The SMILES string of the molecule is C=Cc1ccc(NC(=O)C(N)c2ccccc2)cc1. The van der Waals surface area contributed by atoms with E-state index in [0.717, 1.165) is 16.8 Å². The molecule has 3 heteroatoms. The summed E-state index contributed by atoms with van der Waals surface area (Å²) in [4.78, 5) is 12.0. The van der Waals surface area contributed by atoms with E-state index in [0.29, 0.717) is 0 Å². The third kappa shape index (κ3) is 3.30. The lowest BCUT2D eigenvalue weighted by Gasteiger charge is -2.12. The molecule has 0 aromatic heterocycles. The van der Waals surface area contributed by atoms with Gasteiger partial charge >= 0.3 is 0 Å². The highest BCUT2D eigenvalue weighted by atomic mass is 16.2. The van der Waals surface area contributed by atoms with Gasteiger partial charge in [-0.05, 0) is 23.3 Å². The van der Waals surface area contributed by atoms with Crippen molar-refractivity contribution in [2.24, 2.45) is 5.73 Å². The van der Waals surface area contributed by atoms with Gasteiger partial charge < -0.3 is 11.1 Å². The number of nitrogens with one attached hydrogen (secondary N) is 1. The second-order valence-electron chi connectivity index (χ2n) is 4.20. The number of benzene rings is 2. The third-order valence-electron chi connectivity index (χ3n) is 2.86. The van der Waals surface area contributed by atoms with Crippen molar-refractivity contribution in [3.8, 4) is 0 Å². The molecule has 0 aliphatic heterocycles. The fourth-order valence-corrected chi connectivity index (χ4v) is 1.73. The molecule has 0 radical (unpaired) electrons. The van der Waals surface area contributed by atoms with Crippen LogP contribution >= 0.6 is 0 Å². The lowest BCUT2D eigenvalue weighted by atomic mass is 10.1. The predicted octanol–water partition coefficient (Wildman–Crippen LogP) is 2.97. The van der Waals surface area contributed by atoms with E-state index in [-0.39, 0.29) is 5.91 Å². The maximum atomic E-state index is 12.0. The van der Waals surface area contributed by atoms with E-state index in [9.17, 15) is 4.79 Å². The van der Waals surface area contributed by atoms with Crippen LogP contribution in [0.25, 0.3) is 6.08 Å². The van der Waals surface area contributed by atoms with Gasteiger partial charge in [-0.15, -0.1) is 0 Å². The van der Waals surface area contributed by atoms with Crippen molar-refractivity contribution in [3.63, 3.8) is 0 Å². The number of carbonyl (C=O) groups excluding carboxylic acids is 1. The van der Waals surface area contributed by atoms with Crippen molar-refractivity contribution in [1.82, 2.24) is 0 Å². The second kappa shape index (κ2) is 5.98. The summed E-state index contributed by atoms with van der Waals surface area (Å²) in [6.45, 7) is 3.68. The Labute approximate surface area is 112 Å². The fraction of sp³-hybridized carbons (Fsp3) is 0.0625. The molecule has 1 atom stereocenters. The van der Waals surface area contributed by atoms with Gasteiger partial charge in [-0.25, -0.2) is 0 Å². The average molecular weight is 252 g/mol. The number of rotatable bonds is 4. The van der Waals surface area contributed by atoms with Crippen molar-refractivity contribution in [2.45, 2.75) is 6.04 Å². The Kier molecular flexibility index (Phi) is 4.11. The van der Waals surface area contributed by atoms with Crippen molar-refractivity contribution in [1.29, 1.82) is 0 Å². The molecule has 2 rings (SSSR count). The summed E-state index contributed by atoms with van der Waals surface area (Å²) in [5, 5.41) is 2.79. The molecule has 0 aliphatic rings. The molecule has 0 bridgehead atoms. The molecule has 0 saturated heterocycles. The molecule has 2 aromatic carbocycles. The van der Waals surface area contributed by atoms with Crippen LogP contribution in [0.3, 0.4) is 0 Å². The quantitative estimate of drug-likeness (QED) is 0.879. The molecular formula is C16H16N2O. The Morgan fingerprint density at radius 1 is 1.11 bits per heavy atom. The first-order valence-electron chi connectivity index (χ1n) is 6.04. The first-order valence-corrected chi connectivity index (χ1v) is 6.04. The largest absolute Gasteiger partial charge is 0.324 e. The van der Waals surface area contributed by atoms with Gasteiger partial charge in [-0.3, -0.25) is 4.79 Å². The number of nitrogens with two attached hydrogens (primary N) is 1. The maximum Gasteiger partial charge on any atom is 0.245 e. The van der Waals surface area contributed by atoms with Gasteiger partial charge in [0, 0.05) is 5.69 Å². The van der Waals surface area contributed by atoms with E-state index in [1.165, 1.54) is 0 Å². The Morgan fingerprint density at radius 3 is 2.32 bits per heavy atom. The van der Waals surface area contributed by atoms with Crippen LogP contribution in [-0.4, -0.2) is 5.91 Å². The van der Waals surface area contributed by atoms with E-state index in [4.69, 9.17) is 5.73 Å². The molecule has 1 amide bonds. The molecular weight excluding hydrogens is 236 g/mol. The minimum Gasteiger partial charge on any atom is -0.324 e. The average Bonchev–Trinajstić information content (AvgIpc) is 2.48. The van der Waals surface area contributed by atoms with E-state index < -0.39 is 6.04 Å². The van der Waals surface area contributed by atoms with Crippen LogP contribution in [0.1, 0.15) is 17.2 Å². The van der Waals surface area contributed by atoms with Crippen LogP contribution in [0.5, 0.6) is 0 Å². The fourth-order valence-electron chi connectivity index (χ4n) is 1.73. The Hall–Kier alpha value is -2.39. The van der Waals surface area contributed by atoms with Gasteiger partial charge in [0.25, 0.3) is 0 Å². The molecule has 19 heavy (non-hydrogen) atoms. The van der Waals surface area contributed by atoms with Gasteiger partial charge in [0.2, 0.25) is 5.91 Å². The van der Waals surface area contributed by atoms with Crippen LogP contribution in [0.2, 0.25) is 0 Å². The Morgan fingerprint density at radius 2 is 1.74 bits per heavy atom. The summed E-state index contributed by atoms with van der Waals surface area (Å²) in [7, 11) is 0. The Bertz CT molecular complexity index is 561. The maximum absolute atomic E-state index is 12.0. The molecule has 0 heterocycles. The first-order chi connectivity index (χ1) is 9.20. The van der Waals surface area contributed by atoms with Gasteiger partial charge in [-0.1, -0.05) is 55.1 Å². The number of anilines is 1. The molecule has 0 spiro atoms. The lowest BCUT2D eigenvalue weighted by molar-refractivity contribution is -0.117. The van der Waals surface area contributed by atoms with Gasteiger partial charge in [0.05, 0.1) is 0 Å². The number of hydrogen-bond donors (Lipinski definition) is 2. The standard InChI is InChI=1S/C16H16N2O/c1-2-12-8-10-14(11-9-12)18-16(19)15(17)13-6-4-3-5-7-13/h2-11,15H,1,17H2,(H,18,19). The minimum absolute atomic E-state index is 0.224. The molecule has 0 saturated carbocycles. The van der Waals surface area contributed by atoms with Crippen molar-refractivity contribution < 1.29 is 4.79 Å². The molecule has 96 valence electrons. The zero-order chi connectivity index (χ0) is 13.7. The van der Waals surface area contributed by atoms with E-state index in [1.54, 1.807) is 6.08 Å². The van der Waals surface area contributed by atoms with E-state index in [1.807, 2.05) is 54.6 Å². The monoisotopic (exact) mass is 252 g/mol. The zero-order valence-corrected chi connectivity index (χ0v) is 10.5. The van der Waals surface area contributed by atoms with Crippen LogP contribution in [0, 0.1) is 0 Å². The summed E-state index contributed by atoms with van der Waals surface area (Å²) in [6, 6.07) is 16.0. The van der Waals surface area contributed by atoms with Gasteiger partial charge in [0.15, 0.2) is 0 Å². The van der Waals surface area contributed by atoms with Crippen molar-refractivity contribution >= 4 is 17.7 Å². The highest BCUT2D eigenvalue weighted by molar-refractivity contribution is 5.95. The summed E-state index contributed by atoms with van der Waals surface area (Å²) >= 11 is 0. The Balaban J connectivity index is 2.06. The normalized spacial score (nSPS) is 11.6. The molecule has 3 nitrogen and oxygen atoms in total. The second-order valence-corrected chi connectivity index (χ2v) is 4.20. The minimum atomic E-state index is -0.666. The van der Waals surface area contributed by atoms with E-state index >= 15 is 0 Å². The van der Waals surface area contributed by atoms with Crippen LogP contribution in [0.4, 0.5) is 5.69 Å². The molecule has 1 unspecified atom stereocenters. The third-order valence-corrected chi connectivity index (χ3v) is 2.86. The summed E-state index contributed by atoms with van der Waals surface area (Å²) < 4.78 is 0. The lowest BCUT2D eigenvalue weighted by Crippen LogP contribution is -2.27. The van der Waals surface area contributed by atoms with Crippen LogP contribution < -0.4 is 11.1 Å². The molecule has 0 fully saturated rings. The van der Waals surface area contributed by atoms with Gasteiger partial charge in [0.1, 0.15) is 6.04 Å². The molecule has 3 N–H and O–H groups in total. The van der Waals surface area contributed by atoms with Gasteiger partial charge in [-0.2, -0.15) is 0 Å². The number of amides is 1. The van der Waals surface area contributed by atoms with E-state index in [2.05, 4.69) is 11.9 Å². The first kappa shape index (κ1) is 13.1. The summed E-state index contributed by atoms with van der Waals surface area (Å²) in [5.74, 6) is -0.224.